The standard InChI is InChI=1S/C25H32O6Si/c1-32(2,3)15-14-27-25-23(28-16-18-10-6-4-7-11-18)21(26)22-20(30-25)17-29-24(31-22)19-12-8-5-9-13-19/h4-13,20,22-25H,14-17H2,1-3H3/t20-,22+,23-,24?,25-/m1/s1. The molecule has 2 aliphatic rings. The van der Waals surface area contributed by atoms with Gasteiger partial charge in [0.25, 0.3) is 0 Å². The fraction of sp³-hybridized carbons (Fsp3) is 0.480. The maximum atomic E-state index is 13.5. The molecule has 0 aliphatic carbocycles. The second-order valence-electron chi connectivity index (χ2n) is 9.48. The number of ether oxygens (including phenoxy) is 5. The monoisotopic (exact) mass is 456 g/mol. The highest BCUT2D eigenvalue weighted by Crippen LogP contribution is 2.33. The van der Waals surface area contributed by atoms with Gasteiger partial charge in [-0.25, -0.2) is 0 Å². The highest BCUT2D eigenvalue weighted by molar-refractivity contribution is 6.76. The maximum Gasteiger partial charge on any atom is 0.198 e. The van der Waals surface area contributed by atoms with Gasteiger partial charge < -0.3 is 23.7 Å². The van der Waals surface area contributed by atoms with Gasteiger partial charge in [-0.15, -0.1) is 0 Å². The van der Waals surface area contributed by atoms with Gasteiger partial charge in [0, 0.05) is 20.2 Å². The van der Waals surface area contributed by atoms with E-state index in [4.69, 9.17) is 23.7 Å². The van der Waals surface area contributed by atoms with Crippen LogP contribution in [0, 0.1) is 0 Å². The number of rotatable bonds is 8. The minimum absolute atomic E-state index is 0.153. The Balaban J connectivity index is 1.47. The summed E-state index contributed by atoms with van der Waals surface area (Å²) in [6.45, 7) is 7.95. The molecule has 1 unspecified atom stereocenters. The van der Waals surface area contributed by atoms with Crippen molar-refractivity contribution in [2.24, 2.45) is 0 Å². The molecule has 0 bridgehead atoms. The van der Waals surface area contributed by atoms with Crippen molar-refractivity contribution in [3.8, 4) is 0 Å². The quantitative estimate of drug-likeness (QED) is 0.551. The summed E-state index contributed by atoms with van der Waals surface area (Å²) >= 11 is 0. The second-order valence-corrected chi connectivity index (χ2v) is 15.1. The van der Waals surface area contributed by atoms with E-state index in [1.54, 1.807) is 0 Å². The highest BCUT2D eigenvalue weighted by atomic mass is 28.3. The molecule has 7 heteroatoms. The average Bonchev–Trinajstić information content (AvgIpc) is 2.79. The molecule has 2 aromatic rings. The fourth-order valence-corrected chi connectivity index (χ4v) is 4.47. The van der Waals surface area contributed by atoms with Gasteiger partial charge in [0.2, 0.25) is 0 Å². The van der Waals surface area contributed by atoms with E-state index in [0.717, 1.165) is 17.2 Å². The first-order valence-corrected chi connectivity index (χ1v) is 14.9. The summed E-state index contributed by atoms with van der Waals surface area (Å²) in [6, 6.07) is 20.4. The van der Waals surface area contributed by atoms with Crippen LogP contribution >= 0.6 is 0 Å². The van der Waals surface area contributed by atoms with E-state index in [1.807, 2.05) is 60.7 Å². The summed E-state index contributed by atoms with van der Waals surface area (Å²) in [5, 5.41) is 0. The second kappa shape index (κ2) is 10.4. The van der Waals surface area contributed by atoms with E-state index >= 15 is 0 Å². The topological polar surface area (TPSA) is 63.2 Å². The number of carbonyl (C=O) groups excluding carboxylic acids is 1. The number of benzene rings is 2. The van der Waals surface area contributed by atoms with Crippen molar-refractivity contribution in [3.63, 3.8) is 0 Å². The zero-order valence-corrected chi connectivity index (χ0v) is 19.9. The van der Waals surface area contributed by atoms with Crippen molar-refractivity contribution < 1.29 is 28.5 Å². The zero-order valence-electron chi connectivity index (χ0n) is 18.9. The lowest BCUT2D eigenvalue weighted by atomic mass is 9.99. The van der Waals surface area contributed by atoms with Crippen molar-refractivity contribution in [3.05, 3.63) is 71.8 Å². The first-order valence-electron chi connectivity index (χ1n) is 11.2. The molecule has 0 N–H and O–H groups in total. The number of hydrogen-bond donors (Lipinski definition) is 0. The van der Waals surface area contributed by atoms with E-state index in [2.05, 4.69) is 19.6 Å². The van der Waals surface area contributed by atoms with Gasteiger partial charge >= 0.3 is 0 Å². The largest absolute Gasteiger partial charge is 0.360 e. The normalized spacial score (nSPS) is 28.3. The maximum absolute atomic E-state index is 13.5. The third-order valence-electron chi connectivity index (χ3n) is 5.61. The van der Waals surface area contributed by atoms with Crippen LogP contribution in [0.15, 0.2) is 60.7 Å². The van der Waals surface area contributed by atoms with Crippen LogP contribution in [0.1, 0.15) is 17.4 Å². The van der Waals surface area contributed by atoms with Crippen molar-refractivity contribution in [1.29, 1.82) is 0 Å². The minimum atomic E-state index is -1.29. The highest BCUT2D eigenvalue weighted by Gasteiger charge is 2.50. The fourth-order valence-electron chi connectivity index (χ4n) is 3.74. The van der Waals surface area contributed by atoms with Crippen LogP contribution in [0.3, 0.4) is 0 Å². The molecule has 0 aromatic heterocycles. The van der Waals surface area contributed by atoms with E-state index < -0.39 is 39.0 Å². The van der Waals surface area contributed by atoms with Crippen molar-refractivity contribution >= 4 is 13.9 Å². The van der Waals surface area contributed by atoms with Gasteiger partial charge in [0.05, 0.1) is 13.2 Å². The molecule has 2 saturated heterocycles. The summed E-state index contributed by atoms with van der Waals surface area (Å²) < 4.78 is 30.2. The van der Waals surface area contributed by atoms with Gasteiger partial charge in [-0.3, -0.25) is 4.79 Å². The van der Waals surface area contributed by atoms with Crippen LogP contribution in [-0.2, 0) is 35.1 Å². The molecule has 0 radical (unpaired) electrons. The smallest absolute Gasteiger partial charge is 0.198 e. The van der Waals surface area contributed by atoms with Crippen molar-refractivity contribution in [2.75, 3.05) is 13.2 Å². The van der Waals surface area contributed by atoms with Gasteiger partial charge in [-0.2, -0.15) is 0 Å². The lowest BCUT2D eigenvalue weighted by Gasteiger charge is -2.43. The summed E-state index contributed by atoms with van der Waals surface area (Å²) in [5.74, 6) is -0.153. The summed E-state index contributed by atoms with van der Waals surface area (Å²) in [7, 11) is -1.29. The van der Waals surface area contributed by atoms with Gasteiger partial charge in [0.15, 0.2) is 30.6 Å². The van der Waals surface area contributed by atoms with Crippen LogP contribution in [-0.4, -0.2) is 51.7 Å². The van der Waals surface area contributed by atoms with Crippen LogP contribution in [0.25, 0.3) is 0 Å². The molecule has 2 fully saturated rings. The van der Waals surface area contributed by atoms with Gasteiger partial charge in [-0.05, 0) is 11.6 Å². The van der Waals surface area contributed by atoms with Gasteiger partial charge in [0.1, 0.15) is 6.10 Å². The number of ketones is 1. The molecular formula is C25H32O6Si. The Kier molecular flexibility index (Phi) is 7.55. The summed E-state index contributed by atoms with van der Waals surface area (Å²) in [5.41, 5.74) is 1.85. The van der Waals surface area contributed by atoms with E-state index in [1.165, 1.54) is 0 Å². The molecule has 2 aromatic carbocycles. The molecule has 172 valence electrons. The SMILES string of the molecule is C[Si](C)(C)CCO[C@@H]1O[C@@H]2COC(c3ccccc3)O[C@@H]2C(=O)[C@H]1OCc1ccccc1. The Morgan fingerprint density at radius 1 is 0.938 bits per heavy atom. The van der Waals surface area contributed by atoms with Crippen LogP contribution < -0.4 is 0 Å². The Morgan fingerprint density at radius 3 is 2.31 bits per heavy atom. The number of hydrogen-bond acceptors (Lipinski definition) is 6. The van der Waals surface area contributed by atoms with Crippen LogP contribution in [0.5, 0.6) is 0 Å². The minimum Gasteiger partial charge on any atom is -0.360 e. The number of Topliss-reactive ketones (excluding diaryl/α,β-unsaturated/α-hetero) is 1. The van der Waals surface area contributed by atoms with Crippen LogP contribution in [0.4, 0.5) is 0 Å². The lowest BCUT2D eigenvalue weighted by Crippen LogP contribution is -2.60. The summed E-state index contributed by atoms with van der Waals surface area (Å²) in [4.78, 5) is 13.5. The molecule has 0 saturated carbocycles. The third-order valence-corrected chi connectivity index (χ3v) is 7.32. The van der Waals surface area contributed by atoms with E-state index in [0.29, 0.717) is 13.2 Å². The molecule has 0 spiro atoms. The van der Waals surface area contributed by atoms with Gasteiger partial charge in [-0.1, -0.05) is 80.3 Å². The molecule has 0 amide bonds. The third kappa shape index (κ3) is 5.92. The van der Waals surface area contributed by atoms with Crippen molar-refractivity contribution in [2.45, 2.75) is 63.2 Å². The first kappa shape index (κ1) is 23.3. The molecule has 2 aliphatic heterocycles. The van der Waals surface area contributed by atoms with E-state index in [-0.39, 0.29) is 12.4 Å². The molecule has 32 heavy (non-hydrogen) atoms. The average molecular weight is 457 g/mol. The molecule has 2 heterocycles. The Labute approximate surface area is 190 Å². The predicted octanol–water partition coefficient (Wildman–Crippen LogP) is 4.33. The van der Waals surface area contributed by atoms with E-state index in [9.17, 15) is 4.79 Å². The predicted molar refractivity (Wildman–Crippen MR) is 123 cm³/mol. The molecule has 4 rings (SSSR count). The lowest BCUT2D eigenvalue weighted by molar-refractivity contribution is -0.321. The Hall–Kier alpha value is -1.87. The Bertz CT molecular complexity index is 869. The first-order chi connectivity index (χ1) is 15.4. The Morgan fingerprint density at radius 2 is 1.62 bits per heavy atom. The summed E-state index contributed by atoms with van der Waals surface area (Å²) in [6.07, 6.45) is -3.51. The molecule has 6 nitrogen and oxygen atoms in total. The molecule has 5 atom stereocenters. The zero-order chi connectivity index (χ0) is 22.6. The molecular weight excluding hydrogens is 424 g/mol. The van der Waals surface area contributed by atoms with Crippen LogP contribution in [0.2, 0.25) is 25.7 Å². The number of fused-ring (bicyclic) bond motifs is 1. The number of carbonyl (C=O) groups is 1. The van der Waals surface area contributed by atoms with Crippen molar-refractivity contribution in [1.82, 2.24) is 0 Å².